The van der Waals surface area contributed by atoms with E-state index in [1.165, 1.54) is 34.7 Å². The molecular weight excluding hydrogens is 1140 g/mol. The van der Waals surface area contributed by atoms with E-state index in [1.54, 1.807) is 94.5 Å². The molecular formula is C68H96BN10O11. The van der Waals surface area contributed by atoms with Crippen LogP contribution in [0.5, 0.6) is 0 Å². The second-order valence-electron chi connectivity index (χ2n) is 29.0. The number of rotatable bonds is 17. The molecule has 1 radical (unpaired) electrons. The molecule has 90 heavy (non-hydrogen) atoms. The molecule has 9 amide bonds. The number of carbonyl (C=O) groups excluding carboxylic acids is 9. The molecule has 2 heterocycles. The predicted octanol–water partition coefficient (Wildman–Crippen LogP) is 6.82. The van der Waals surface area contributed by atoms with Gasteiger partial charge in [-0.05, 0) is 76.0 Å². The zero-order valence-corrected chi connectivity index (χ0v) is 55.6. The fourth-order valence-electron chi connectivity index (χ4n) is 12.1. The van der Waals surface area contributed by atoms with Crippen molar-refractivity contribution < 1.29 is 52.6 Å². The molecule has 4 aliphatic rings. The van der Waals surface area contributed by atoms with Gasteiger partial charge in [-0.2, -0.15) is 0 Å². The Morgan fingerprint density at radius 3 is 1.32 bits per heavy atom. The Hall–Kier alpha value is -7.78. The zero-order chi connectivity index (χ0) is 66.5. The molecule has 2 aliphatic carbocycles. The fraction of sp³-hybridized carbons (Fsp3) is 0.588. The van der Waals surface area contributed by atoms with E-state index in [4.69, 9.17) is 17.0 Å². The van der Waals surface area contributed by atoms with E-state index in [1.807, 2.05) is 63.2 Å². The number of fused-ring (bicyclic) bond motifs is 2. The summed E-state index contributed by atoms with van der Waals surface area (Å²) in [5.74, 6) is -3.56. The number of benzene rings is 3. The third-order valence-electron chi connectivity index (χ3n) is 17.4. The van der Waals surface area contributed by atoms with Gasteiger partial charge in [0, 0.05) is 19.6 Å². The van der Waals surface area contributed by atoms with Crippen LogP contribution in [0.15, 0.2) is 72.8 Å². The van der Waals surface area contributed by atoms with Crippen molar-refractivity contribution in [2.75, 3.05) is 27.2 Å². The van der Waals surface area contributed by atoms with Crippen molar-refractivity contribution in [3.05, 3.63) is 106 Å². The molecule has 0 saturated carbocycles. The van der Waals surface area contributed by atoms with Crippen LogP contribution in [0.4, 0.5) is 9.59 Å². The van der Waals surface area contributed by atoms with Crippen LogP contribution in [0.2, 0.25) is 0 Å². The quantitative estimate of drug-likeness (QED) is 0.0762. The summed E-state index contributed by atoms with van der Waals surface area (Å²) in [5.41, 5.74) is 1.36. The molecule has 22 heteroatoms. The van der Waals surface area contributed by atoms with E-state index in [-0.39, 0.29) is 60.6 Å². The summed E-state index contributed by atoms with van der Waals surface area (Å²) in [6.45, 7) is 24.5. The van der Waals surface area contributed by atoms with E-state index in [2.05, 4.69) is 38.0 Å². The van der Waals surface area contributed by atoms with Crippen LogP contribution < -0.4 is 31.9 Å². The minimum atomic E-state index is -1.18. The molecule has 6 N–H and O–H groups in total. The van der Waals surface area contributed by atoms with E-state index in [9.17, 15) is 33.6 Å². The topological polar surface area (TPSA) is 257 Å². The number of likely N-dealkylation sites (N-methyl/N-ethyl adjacent to an activating group) is 2. The number of ether oxygens (including phenoxy) is 2. The average molecular weight is 1240 g/mol. The molecule has 7 rings (SSSR count). The average Bonchev–Trinajstić information content (AvgIpc) is 1.67. The molecule has 0 spiro atoms. The van der Waals surface area contributed by atoms with Crippen molar-refractivity contribution in [1.29, 1.82) is 0 Å². The second-order valence-corrected chi connectivity index (χ2v) is 29.0. The number of aryl methyl sites for hydroxylation is 2. The van der Waals surface area contributed by atoms with Crippen LogP contribution in [0.3, 0.4) is 0 Å². The number of hydrogen-bond donors (Lipinski definition) is 6. The summed E-state index contributed by atoms with van der Waals surface area (Å²) in [5, 5.41) is 18.6. The van der Waals surface area contributed by atoms with Crippen LogP contribution in [0, 0.1) is 10.8 Å². The van der Waals surface area contributed by atoms with Crippen LogP contribution in [0.1, 0.15) is 191 Å². The molecule has 487 valence electrons. The van der Waals surface area contributed by atoms with Gasteiger partial charge in [0.2, 0.25) is 17.7 Å². The SMILES string of the molecule is [B]=C(N[C@H](C(=O)N1C[C@@H](NC(=O)c2cccc(C(=O)N[C@H]3C[C@@H](C(=O)N[C@@H]4CCCc5ccccc54)N(C(=O)[C@@H](NC(=O)[C@H](C)N(C)C(=O)OC(C)(C)C)C(C)(C)C)C3)c2)C[C@H]1C(=O)N[C@@H]1CCCc2ccccc21)C(C)(C)C)[C@H](C)N(C)C(=O)OC(C)(C)C. The first-order valence-electron chi connectivity index (χ1n) is 31.6. The molecule has 2 saturated heterocycles. The Balaban J connectivity index is 1.10. The van der Waals surface area contributed by atoms with Gasteiger partial charge < -0.3 is 25.6 Å². The summed E-state index contributed by atoms with van der Waals surface area (Å²) < 4.78 is 11.1. The number of amides is 9. The van der Waals surface area contributed by atoms with Crippen LogP contribution in [-0.4, -0.2) is 173 Å². The Morgan fingerprint density at radius 2 is 0.922 bits per heavy atom. The van der Waals surface area contributed by atoms with Gasteiger partial charge in [0.25, 0.3) is 5.91 Å². The van der Waals surface area contributed by atoms with Crippen LogP contribution in [0.25, 0.3) is 0 Å². The maximum atomic E-state index is 15.2. The van der Waals surface area contributed by atoms with Crippen molar-refractivity contribution in [1.82, 2.24) is 51.5 Å². The molecule has 0 aromatic heterocycles. The number of nitrogens with one attached hydrogen (secondary N) is 6. The van der Waals surface area contributed by atoms with Gasteiger partial charge in [0.15, 0.2) is 0 Å². The maximum absolute atomic E-state index is 15.2. The number of hydrogen-bond acceptors (Lipinski definition) is 12. The van der Waals surface area contributed by atoms with E-state index < -0.39 is 118 Å². The summed E-state index contributed by atoms with van der Waals surface area (Å²) in [6.07, 6.45) is 3.58. The molecule has 3 aromatic carbocycles. The van der Waals surface area contributed by atoms with Gasteiger partial charge in [-0.15, -0.1) is 0 Å². The van der Waals surface area contributed by atoms with Crippen molar-refractivity contribution in [2.24, 2.45) is 10.8 Å². The molecule has 2 fully saturated rings. The minimum absolute atomic E-state index is 0.0255. The summed E-state index contributed by atoms with van der Waals surface area (Å²) in [6, 6.07) is 13.8. The number of carbonyl (C=O) groups is 9. The summed E-state index contributed by atoms with van der Waals surface area (Å²) in [4.78, 5) is 134. The zero-order valence-electron chi connectivity index (χ0n) is 55.6. The molecule has 0 unspecified atom stereocenters. The molecule has 2 aliphatic heterocycles. The Morgan fingerprint density at radius 1 is 0.533 bits per heavy atom. The molecule has 0 bridgehead atoms. The van der Waals surface area contributed by atoms with Crippen molar-refractivity contribution in [3.8, 4) is 0 Å². The number of nitrogens with zero attached hydrogens (tertiary/aromatic N) is 4. The third kappa shape index (κ3) is 17.4. The van der Waals surface area contributed by atoms with E-state index in [0.29, 0.717) is 12.8 Å². The van der Waals surface area contributed by atoms with Gasteiger partial charge in [-0.1, -0.05) is 51.1 Å². The Bertz CT molecular complexity index is 2990. The first-order valence-corrected chi connectivity index (χ1v) is 31.6. The first kappa shape index (κ1) is 69.7. The Labute approximate surface area is 532 Å². The van der Waals surface area contributed by atoms with Gasteiger partial charge in [0.1, 0.15) is 23.7 Å². The Kier molecular flexibility index (Phi) is 21.8. The van der Waals surface area contributed by atoms with Gasteiger partial charge in [-0.25, -0.2) is 4.79 Å². The molecule has 3 aromatic rings. The fourth-order valence-corrected chi connectivity index (χ4v) is 12.1. The predicted molar refractivity (Wildman–Crippen MR) is 345 cm³/mol. The van der Waals surface area contributed by atoms with Crippen molar-refractivity contribution in [2.45, 2.75) is 220 Å². The standard InChI is InChI=1S/C68H96BN10O11/c1-39(76(15)63(87)89-67(9,10)11)55(69)74-53(65(3,4)5)61(85)78-37-45(35-51(78)59(83)72-49-32-22-26-41-24-17-19-30-47(41)49)70-57(81)43-28-21-29-44(34-43)58(82)71-46-36-52(60(84)73-50-33-23-27-42-25-18-20-31-48(42)50)79(38-46)62(86)54(66(6,7)8)75-56(80)40(2)77(16)64(88)90-68(12,13)14/h17-21,24-25,28-31,34,39-40,45-46,49-54,74H,22-23,26-27,32-33,35-38H2,1-16H3,(H,70,81)(H,71,82)(H,72,83)(H,73,84)(H,75,80)/t39-,40-,45-,46-,49+,50+,51-,52-,53+,54+/m0/s1. The summed E-state index contributed by atoms with van der Waals surface area (Å²) >= 11 is 0. The second kappa shape index (κ2) is 28.2. The van der Waals surface area contributed by atoms with Crippen molar-refractivity contribution in [3.63, 3.8) is 0 Å². The monoisotopic (exact) mass is 1240 g/mol. The van der Waals surface area contributed by atoms with E-state index >= 15 is 9.59 Å². The van der Waals surface area contributed by atoms with Crippen molar-refractivity contribution >= 4 is 66.6 Å². The van der Waals surface area contributed by atoms with Crippen LogP contribution in [-0.2, 0) is 46.3 Å². The van der Waals surface area contributed by atoms with Gasteiger partial charge in [0.05, 0.1) is 6.04 Å². The first-order chi connectivity index (χ1) is 41.9. The molecule has 10 atom stereocenters. The van der Waals surface area contributed by atoms with Crippen LogP contribution >= 0.6 is 0 Å². The number of likely N-dealkylation sites (tertiary alicyclic amines) is 2. The van der Waals surface area contributed by atoms with Gasteiger partial charge >= 0.3 is 280 Å². The third-order valence-corrected chi connectivity index (χ3v) is 17.4. The summed E-state index contributed by atoms with van der Waals surface area (Å²) in [7, 11) is 9.66. The van der Waals surface area contributed by atoms with Gasteiger partial charge in [-0.3, -0.25) is 24.1 Å². The molecule has 21 nitrogen and oxygen atoms in total. The normalized spacial score (nSPS) is 21.3. The van der Waals surface area contributed by atoms with E-state index in [0.717, 1.165) is 52.8 Å².